The second-order valence-electron chi connectivity index (χ2n) is 5.71. The van der Waals surface area contributed by atoms with E-state index in [4.69, 9.17) is 0 Å². The second-order valence-corrected chi connectivity index (χ2v) is 5.71. The molecule has 0 saturated heterocycles. The molecule has 0 aliphatic rings. The summed E-state index contributed by atoms with van der Waals surface area (Å²) in [6.07, 6.45) is 3.70. The Kier molecular flexibility index (Phi) is 3.46. The van der Waals surface area contributed by atoms with E-state index in [0.29, 0.717) is 0 Å². The minimum absolute atomic E-state index is 0.783. The van der Waals surface area contributed by atoms with Crippen LogP contribution in [0.15, 0.2) is 67.0 Å². The highest BCUT2D eigenvalue weighted by atomic mass is 15.0. The molecule has 0 aliphatic carbocycles. The zero-order valence-electron chi connectivity index (χ0n) is 13.2. The summed E-state index contributed by atoms with van der Waals surface area (Å²) in [6.45, 7) is 3.96. The summed E-state index contributed by atoms with van der Waals surface area (Å²) in [5.74, 6) is 0. The number of pyridine rings is 1. The van der Waals surface area contributed by atoms with Gasteiger partial charge >= 0.3 is 0 Å². The molecule has 114 valence electrons. The molecule has 0 spiro atoms. The van der Waals surface area contributed by atoms with E-state index in [2.05, 4.69) is 70.3 Å². The Labute approximate surface area is 135 Å². The van der Waals surface area contributed by atoms with Gasteiger partial charge in [-0.2, -0.15) is 0 Å². The van der Waals surface area contributed by atoms with E-state index < -0.39 is 0 Å². The number of rotatable bonds is 4. The van der Waals surface area contributed by atoms with Gasteiger partial charge in [-0.05, 0) is 42.8 Å². The third-order valence-electron chi connectivity index (χ3n) is 4.31. The fourth-order valence-electron chi connectivity index (χ4n) is 3.21. The molecule has 0 aliphatic heterocycles. The predicted molar refractivity (Wildman–Crippen MR) is 96.7 cm³/mol. The molecule has 0 radical (unpaired) electrons. The molecule has 0 fully saturated rings. The summed E-state index contributed by atoms with van der Waals surface area (Å²) in [4.78, 5) is 4.16. The van der Waals surface area contributed by atoms with E-state index in [-0.39, 0.29) is 0 Å². The van der Waals surface area contributed by atoms with Gasteiger partial charge in [-0.25, -0.2) is 0 Å². The van der Waals surface area contributed by atoms with Crippen LogP contribution in [0.3, 0.4) is 0 Å². The van der Waals surface area contributed by atoms with E-state index >= 15 is 0 Å². The Morgan fingerprint density at radius 1 is 0.957 bits per heavy atom. The molecule has 3 nitrogen and oxygen atoms in total. The monoisotopic (exact) mass is 301 g/mol. The molecule has 4 rings (SSSR count). The van der Waals surface area contributed by atoms with Crippen LogP contribution in [-0.4, -0.2) is 9.55 Å². The Morgan fingerprint density at radius 3 is 2.65 bits per heavy atom. The zero-order chi connectivity index (χ0) is 15.6. The van der Waals surface area contributed by atoms with Crippen molar-refractivity contribution in [2.24, 2.45) is 0 Å². The number of hydrogen-bond donors (Lipinski definition) is 1. The van der Waals surface area contributed by atoms with Gasteiger partial charge in [0.15, 0.2) is 0 Å². The van der Waals surface area contributed by atoms with E-state index in [9.17, 15) is 0 Å². The third-order valence-corrected chi connectivity index (χ3v) is 4.31. The highest BCUT2D eigenvalue weighted by Gasteiger charge is 2.09. The molecule has 0 saturated carbocycles. The molecule has 0 bridgehead atoms. The molecule has 0 atom stereocenters. The lowest BCUT2D eigenvalue weighted by molar-refractivity contribution is 0.827. The van der Waals surface area contributed by atoms with Gasteiger partial charge < -0.3 is 9.88 Å². The molecular weight excluding hydrogens is 282 g/mol. The first kappa shape index (κ1) is 13.8. The normalized spacial score (nSPS) is 11.2. The SMILES string of the molecule is CCn1c2ccccc2c2cc(NCc3cccnc3)ccc21. The number of para-hydroxylation sites is 1. The van der Waals surface area contributed by atoms with Gasteiger partial charge in [-0.1, -0.05) is 24.3 Å². The van der Waals surface area contributed by atoms with Gasteiger partial charge in [0, 0.05) is 53.0 Å². The number of anilines is 1. The molecule has 23 heavy (non-hydrogen) atoms. The van der Waals surface area contributed by atoms with E-state index in [0.717, 1.165) is 18.8 Å². The number of aryl methyl sites for hydroxylation is 1. The fraction of sp³-hybridized carbons (Fsp3) is 0.150. The van der Waals surface area contributed by atoms with Crippen LogP contribution in [0.1, 0.15) is 12.5 Å². The molecular formula is C20H19N3. The molecule has 2 aromatic heterocycles. The summed E-state index contributed by atoms with van der Waals surface area (Å²) < 4.78 is 2.37. The topological polar surface area (TPSA) is 29.9 Å². The van der Waals surface area contributed by atoms with Crippen molar-refractivity contribution in [2.75, 3.05) is 5.32 Å². The summed E-state index contributed by atoms with van der Waals surface area (Å²) in [7, 11) is 0. The Bertz CT molecular complexity index is 955. The maximum absolute atomic E-state index is 4.16. The number of fused-ring (bicyclic) bond motifs is 3. The van der Waals surface area contributed by atoms with Crippen molar-refractivity contribution in [3.8, 4) is 0 Å². The lowest BCUT2D eigenvalue weighted by Gasteiger charge is -2.07. The first-order valence-corrected chi connectivity index (χ1v) is 8.00. The van der Waals surface area contributed by atoms with Crippen molar-refractivity contribution in [1.82, 2.24) is 9.55 Å². The van der Waals surface area contributed by atoms with E-state index in [1.54, 1.807) is 6.20 Å². The van der Waals surface area contributed by atoms with Crippen molar-refractivity contribution in [2.45, 2.75) is 20.0 Å². The number of nitrogens with zero attached hydrogens (tertiary/aromatic N) is 2. The van der Waals surface area contributed by atoms with Crippen LogP contribution in [0.2, 0.25) is 0 Å². The highest BCUT2D eigenvalue weighted by molar-refractivity contribution is 6.09. The average Bonchev–Trinajstić information content (AvgIpc) is 2.94. The maximum atomic E-state index is 4.16. The van der Waals surface area contributed by atoms with E-state index in [1.807, 2.05) is 12.3 Å². The van der Waals surface area contributed by atoms with Gasteiger partial charge in [0.05, 0.1) is 0 Å². The van der Waals surface area contributed by atoms with Crippen LogP contribution in [0.25, 0.3) is 21.8 Å². The summed E-state index contributed by atoms with van der Waals surface area (Å²) in [6, 6.07) is 19.3. The lowest BCUT2D eigenvalue weighted by atomic mass is 10.1. The first-order valence-electron chi connectivity index (χ1n) is 8.00. The van der Waals surface area contributed by atoms with Crippen molar-refractivity contribution in [3.05, 3.63) is 72.6 Å². The lowest BCUT2D eigenvalue weighted by Crippen LogP contribution is -1.99. The standard InChI is InChI=1S/C20H19N3/c1-2-23-19-8-4-3-7-17(19)18-12-16(9-10-20(18)23)22-14-15-6-5-11-21-13-15/h3-13,22H,2,14H2,1H3. The van der Waals surface area contributed by atoms with Gasteiger partial charge in [-0.15, -0.1) is 0 Å². The molecule has 4 aromatic rings. The largest absolute Gasteiger partial charge is 0.381 e. The van der Waals surface area contributed by atoms with Crippen LogP contribution < -0.4 is 5.32 Å². The fourth-order valence-corrected chi connectivity index (χ4v) is 3.21. The van der Waals surface area contributed by atoms with Crippen molar-refractivity contribution < 1.29 is 0 Å². The Morgan fingerprint density at radius 2 is 1.83 bits per heavy atom. The molecule has 2 aromatic carbocycles. The first-order chi connectivity index (χ1) is 11.4. The summed E-state index contributed by atoms with van der Waals surface area (Å²) >= 11 is 0. The van der Waals surface area contributed by atoms with Crippen LogP contribution in [0, 0.1) is 0 Å². The van der Waals surface area contributed by atoms with Crippen LogP contribution >= 0.6 is 0 Å². The van der Waals surface area contributed by atoms with Gasteiger partial charge in [0.1, 0.15) is 0 Å². The second kappa shape index (κ2) is 5.76. The van der Waals surface area contributed by atoms with Crippen molar-refractivity contribution in [3.63, 3.8) is 0 Å². The third kappa shape index (κ3) is 2.44. The number of hydrogen-bond acceptors (Lipinski definition) is 2. The Balaban J connectivity index is 1.74. The molecule has 2 heterocycles. The van der Waals surface area contributed by atoms with E-state index in [1.165, 1.54) is 27.4 Å². The smallest absolute Gasteiger partial charge is 0.0492 e. The Hall–Kier alpha value is -2.81. The minimum atomic E-state index is 0.783. The summed E-state index contributed by atoms with van der Waals surface area (Å²) in [5.41, 5.74) is 4.92. The number of aromatic nitrogens is 2. The quantitative estimate of drug-likeness (QED) is 0.585. The molecule has 1 N–H and O–H groups in total. The van der Waals surface area contributed by atoms with Crippen LogP contribution in [0.4, 0.5) is 5.69 Å². The van der Waals surface area contributed by atoms with Crippen LogP contribution in [0.5, 0.6) is 0 Å². The highest BCUT2D eigenvalue weighted by Crippen LogP contribution is 2.31. The van der Waals surface area contributed by atoms with Crippen LogP contribution in [-0.2, 0) is 13.1 Å². The maximum Gasteiger partial charge on any atom is 0.0492 e. The van der Waals surface area contributed by atoms with Crippen molar-refractivity contribution >= 4 is 27.5 Å². The number of benzene rings is 2. The van der Waals surface area contributed by atoms with Gasteiger partial charge in [-0.3, -0.25) is 4.98 Å². The molecule has 3 heteroatoms. The predicted octanol–water partition coefficient (Wildman–Crippen LogP) is 4.82. The van der Waals surface area contributed by atoms with Gasteiger partial charge in [0.25, 0.3) is 0 Å². The minimum Gasteiger partial charge on any atom is -0.381 e. The average molecular weight is 301 g/mol. The number of nitrogens with one attached hydrogen (secondary N) is 1. The zero-order valence-corrected chi connectivity index (χ0v) is 13.2. The van der Waals surface area contributed by atoms with Crippen molar-refractivity contribution in [1.29, 1.82) is 0 Å². The van der Waals surface area contributed by atoms with Gasteiger partial charge in [0.2, 0.25) is 0 Å². The summed E-state index contributed by atoms with van der Waals surface area (Å²) in [5, 5.41) is 6.11. The molecule has 0 amide bonds. The molecule has 0 unspecified atom stereocenters.